The van der Waals surface area contributed by atoms with Gasteiger partial charge in [0.15, 0.2) is 0 Å². The molecule has 4 rings (SSSR count). The largest absolute Gasteiger partial charge is 0.450 e. The molecular weight excluding hydrogens is 385 g/mol. The van der Waals surface area contributed by atoms with Crippen LogP contribution in [0.4, 0.5) is 14.9 Å². The number of rotatable bonds is 3. The lowest BCUT2D eigenvalue weighted by Crippen LogP contribution is -2.52. The summed E-state index contributed by atoms with van der Waals surface area (Å²) in [6.07, 6.45) is 4.01. The fraction of sp³-hybridized carbons (Fsp3) is 0.652. The molecule has 0 bridgehead atoms. The zero-order chi connectivity index (χ0) is 21.3. The molecule has 3 aliphatic rings. The van der Waals surface area contributed by atoms with E-state index in [0.29, 0.717) is 25.6 Å². The van der Waals surface area contributed by atoms with Crippen LogP contribution in [0.2, 0.25) is 0 Å². The van der Waals surface area contributed by atoms with Crippen molar-refractivity contribution < 1.29 is 18.7 Å². The molecule has 1 spiro atoms. The molecule has 6 nitrogen and oxygen atoms in total. The van der Waals surface area contributed by atoms with Crippen molar-refractivity contribution in [3.05, 3.63) is 29.6 Å². The number of likely N-dealkylation sites (tertiary alicyclic amines) is 2. The van der Waals surface area contributed by atoms with Crippen LogP contribution in [0.5, 0.6) is 0 Å². The summed E-state index contributed by atoms with van der Waals surface area (Å²) in [6, 6.07) is 5.34. The van der Waals surface area contributed by atoms with Gasteiger partial charge in [-0.25, -0.2) is 9.18 Å². The summed E-state index contributed by atoms with van der Waals surface area (Å²) in [4.78, 5) is 30.6. The number of hydrogen-bond donors (Lipinski definition) is 0. The highest BCUT2D eigenvalue weighted by atomic mass is 19.1. The molecule has 164 valence electrons. The van der Waals surface area contributed by atoms with Gasteiger partial charge in [0.05, 0.1) is 6.61 Å². The smallest absolute Gasteiger partial charge is 0.409 e. The highest BCUT2D eigenvalue weighted by Gasteiger charge is 2.47. The molecule has 0 saturated carbocycles. The van der Waals surface area contributed by atoms with Gasteiger partial charge in [0.1, 0.15) is 5.82 Å². The first kappa shape index (κ1) is 21.1. The Balaban J connectivity index is 1.42. The summed E-state index contributed by atoms with van der Waals surface area (Å²) in [5, 5.41) is 0. The highest BCUT2D eigenvalue weighted by molar-refractivity contribution is 5.96. The average Bonchev–Trinajstić information content (AvgIpc) is 3.07. The maximum atomic E-state index is 14.1. The second-order valence-corrected chi connectivity index (χ2v) is 8.73. The van der Waals surface area contributed by atoms with Crippen molar-refractivity contribution in [2.24, 2.45) is 0 Å². The fourth-order valence-corrected chi connectivity index (χ4v) is 5.43. The molecule has 0 N–H and O–H groups in total. The maximum Gasteiger partial charge on any atom is 0.409 e. The average molecular weight is 418 g/mol. The second kappa shape index (κ2) is 8.53. The van der Waals surface area contributed by atoms with Gasteiger partial charge in [0, 0.05) is 43.2 Å². The van der Waals surface area contributed by atoms with Crippen molar-refractivity contribution in [2.45, 2.75) is 57.4 Å². The first-order chi connectivity index (χ1) is 14.5. The van der Waals surface area contributed by atoms with Gasteiger partial charge in [-0.15, -0.1) is 0 Å². The Labute approximate surface area is 177 Å². The van der Waals surface area contributed by atoms with E-state index in [2.05, 4.69) is 4.90 Å². The molecule has 0 atom stereocenters. The van der Waals surface area contributed by atoms with Crippen LogP contribution >= 0.6 is 0 Å². The number of anilines is 1. The van der Waals surface area contributed by atoms with Crippen LogP contribution in [0.15, 0.2) is 18.2 Å². The molecule has 2 amide bonds. The van der Waals surface area contributed by atoms with Crippen molar-refractivity contribution >= 4 is 17.7 Å². The van der Waals surface area contributed by atoms with Gasteiger partial charge < -0.3 is 19.4 Å². The summed E-state index contributed by atoms with van der Waals surface area (Å²) in [7, 11) is 0. The number of carbonyl (C=O) groups is 2. The predicted octanol–water partition coefficient (Wildman–Crippen LogP) is 3.54. The normalized spacial score (nSPS) is 21.7. The lowest BCUT2D eigenvalue weighted by molar-refractivity contribution is -0.118. The lowest BCUT2D eigenvalue weighted by Gasteiger charge is -2.45. The Morgan fingerprint density at radius 3 is 2.47 bits per heavy atom. The molecule has 3 heterocycles. The minimum Gasteiger partial charge on any atom is -0.450 e. The Morgan fingerprint density at radius 1 is 1.13 bits per heavy atom. The summed E-state index contributed by atoms with van der Waals surface area (Å²) in [6.45, 7) is 8.12. The SMILES string of the molecule is CCOC(=O)N1CCC(N2CCC3(CC2)CN(C(=O)CC)c2ccc(F)cc23)CC1. The number of piperidine rings is 2. The van der Waals surface area contributed by atoms with Gasteiger partial charge in [-0.1, -0.05) is 6.92 Å². The van der Waals surface area contributed by atoms with Crippen molar-refractivity contribution in [1.29, 1.82) is 0 Å². The fourth-order valence-electron chi connectivity index (χ4n) is 5.43. The monoisotopic (exact) mass is 417 g/mol. The van der Waals surface area contributed by atoms with Crippen LogP contribution in [-0.2, 0) is 14.9 Å². The minimum absolute atomic E-state index is 0.105. The molecular formula is C23H32FN3O3. The van der Waals surface area contributed by atoms with E-state index in [0.717, 1.165) is 63.1 Å². The number of benzene rings is 1. The zero-order valence-electron chi connectivity index (χ0n) is 18.0. The van der Waals surface area contributed by atoms with Crippen molar-refractivity contribution in [1.82, 2.24) is 9.80 Å². The molecule has 0 aromatic heterocycles. The van der Waals surface area contributed by atoms with Gasteiger partial charge in [0.2, 0.25) is 5.91 Å². The quantitative estimate of drug-likeness (QED) is 0.755. The molecule has 0 aliphatic carbocycles. The number of ether oxygens (including phenoxy) is 1. The Hall–Kier alpha value is -2.15. The Morgan fingerprint density at radius 2 is 1.83 bits per heavy atom. The number of halogens is 1. The van der Waals surface area contributed by atoms with Crippen LogP contribution in [0.1, 0.15) is 51.5 Å². The predicted molar refractivity (Wildman–Crippen MR) is 113 cm³/mol. The van der Waals surface area contributed by atoms with Crippen molar-refractivity contribution in [3.8, 4) is 0 Å². The first-order valence-electron chi connectivity index (χ1n) is 11.2. The van der Waals surface area contributed by atoms with Crippen LogP contribution in [0, 0.1) is 5.82 Å². The molecule has 0 radical (unpaired) electrons. The summed E-state index contributed by atoms with van der Waals surface area (Å²) in [5.41, 5.74) is 1.74. The third-order valence-corrected chi connectivity index (χ3v) is 7.15. The number of hydrogen-bond acceptors (Lipinski definition) is 4. The maximum absolute atomic E-state index is 14.1. The molecule has 0 unspecified atom stereocenters. The van der Waals surface area contributed by atoms with Crippen LogP contribution in [0.3, 0.4) is 0 Å². The molecule has 2 fully saturated rings. The van der Waals surface area contributed by atoms with E-state index in [1.54, 1.807) is 17.0 Å². The summed E-state index contributed by atoms with van der Waals surface area (Å²) < 4.78 is 19.2. The van der Waals surface area contributed by atoms with E-state index in [4.69, 9.17) is 4.74 Å². The number of amides is 2. The van der Waals surface area contributed by atoms with Crippen molar-refractivity contribution in [2.75, 3.05) is 44.2 Å². The first-order valence-corrected chi connectivity index (χ1v) is 11.2. The van der Waals surface area contributed by atoms with Gasteiger partial charge in [-0.3, -0.25) is 4.79 Å². The zero-order valence-corrected chi connectivity index (χ0v) is 18.0. The van der Waals surface area contributed by atoms with Crippen LogP contribution < -0.4 is 4.90 Å². The van der Waals surface area contributed by atoms with Crippen molar-refractivity contribution in [3.63, 3.8) is 0 Å². The minimum atomic E-state index is -0.229. The van der Waals surface area contributed by atoms with Crippen LogP contribution in [-0.4, -0.2) is 67.2 Å². The number of carbonyl (C=O) groups excluding carboxylic acids is 2. The third-order valence-electron chi connectivity index (χ3n) is 7.15. The van der Waals surface area contributed by atoms with E-state index in [9.17, 15) is 14.0 Å². The van der Waals surface area contributed by atoms with E-state index in [1.807, 2.05) is 18.7 Å². The Kier molecular flexibility index (Phi) is 6.00. The van der Waals surface area contributed by atoms with E-state index < -0.39 is 0 Å². The van der Waals surface area contributed by atoms with Gasteiger partial charge in [0.25, 0.3) is 0 Å². The molecule has 1 aromatic rings. The molecule has 1 aromatic carbocycles. The van der Waals surface area contributed by atoms with Gasteiger partial charge >= 0.3 is 6.09 Å². The van der Waals surface area contributed by atoms with E-state index in [1.165, 1.54) is 6.07 Å². The summed E-state index contributed by atoms with van der Waals surface area (Å²) >= 11 is 0. The number of nitrogens with zero attached hydrogens (tertiary/aromatic N) is 3. The van der Waals surface area contributed by atoms with Gasteiger partial charge in [-0.2, -0.15) is 0 Å². The van der Waals surface area contributed by atoms with Crippen LogP contribution in [0.25, 0.3) is 0 Å². The van der Waals surface area contributed by atoms with Gasteiger partial charge in [-0.05, 0) is 69.5 Å². The topological polar surface area (TPSA) is 53.1 Å². The van der Waals surface area contributed by atoms with E-state index in [-0.39, 0.29) is 23.2 Å². The second-order valence-electron chi connectivity index (χ2n) is 8.73. The molecule has 3 aliphatic heterocycles. The molecule has 2 saturated heterocycles. The van der Waals surface area contributed by atoms with E-state index >= 15 is 0 Å². The standard InChI is InChI=1S/C23H32FN3O3/c1-3-21(28)27-16-23(19-15-17(24)5-6-20(19)27)9-13-25(14-10-23)18-7-11-26(12-8-18)22(29)30-4-2/h5-6,15,18H,3-4,7-14,16H2,1-2H3. The lowest BCUT2D eigenvalue weighted by atomic mass is 9.74. The third kappa shape index (κ3) is 3.80. The molecule has 30 heavy (non-hydrogen) atoms. The number of fused-ring (bicyclic) bond motifs is 2. The highest BCUT2D eigenvalue weighted by Crippen LogP contribution is 2.48. The Bertz CT molecular complexity index is 799. The summed E-state index contributed by atoms with van der Waals surface area (Å²) in [5.74, 6) is -0.124. The molecule has 7 heteroatoms.